The maximum atomic E-state index is 10.8. The average molecular weight is 154 g/mol. The molecule has 3 nitrogen and oxygen atoms in total. The highest BCUT2D eigenvalue weighted by molar-refractivity contribution is 5.93. The topological polar surface area (TPSA) is 57.5 Å². The third-order valence-corrected chi connectivity index (χ3v) is 1.69. The highest BCUT2D eigenvalue weighted by Gasteiger charge is 2.13. The predicted molar refractivity (Wildman–Crippen MR) is 40.3 cm³/mol. The van der Waals surface area contributed by atoms with Gasteiger partial charge in [0.05, 0.1) is 0 Å². The number of rotatable bonds is 1. The first-order chi connectivity index (χ1) is 5.11. The Hall–Kier alpha value is -1.25. The Bertz CT molecular complexity index is 248. The fraction of sp³-hybridized carbons (Fsp3) is 0.375. The van der Waals surface area contributed by atoms with Gasteiger partial charge >= 0.3 is 0 Å². The van der Waals surface area contributed by atoms with Gasteiger partial charge in [0.2, 0.25) is 0 Å². The van der Waals surface area contributed by atoms with Gasteiger partial charge in [-0.2, -0.15) is 0 Å². The van der Waals surface area contributed by atoms with E-state index < -0.39 is 0 Å². The zero-order valence-corrected chi connectivity index (χ0v) is 6.29. The summed E-state index contributed by atoms with van der Waals surface area (Å²) in [5.74, 6) is -0.263. The first-order valence-electron chi connectivity index (χ1n) is 3.44. The Balaban J connectivity index is 2.89. The van der Waals surface area contributed by atoms with E-state index in [-0.39, 0.29) is 17.3 Å². The van der Waals surface area contributed by atoms with Gasteiger partial charge in [0.15, 0.2) is 11.5 Å². The van der Waals surface area contributed by atoms with Gasteiger partial charge in [-0.05, 0) is 25.0 Å². The van der Waals surface area contributed by atoms with Crippen molar-refractivity contribution in [2.45, 2.75) is 19.8 Å². The number of allylic oxidation sites excluding steroid dienone is 3. The number of ketones is 1. The molecule has 0 spiro atoms. The number of carbonyl (C=O) groups is 1. The molecule has 0 aromatic rings. The van der Waals surface area contributed by atoms with Crippen LogP contribution in [0.5, 0.6) is 0 Å². The van der Waals surface area contributed by atoms with Crippen LogP contribution >= 0.6 is 0 Å². The predicted octanol–water partition coefficient (Wildman–Crippen LogP) is 1.62. The van der Waals surface area contributed by atoms with Crippen LogP contribution in [0.15, 0.2) is 23.2 Å². The summed E-state index contributed by atoms with van der Waals surface area (Å²) in [5.41, 5.74) is 0.570. The van der Waals surface area contributed by atoms with Crippen molar-refractivity contribution in [3.05, 3.63) is 23.2 Å². The maximum absolute atomic E-state index is 10.8. The number of hydrogen-bond acceptors (Lipinski definition) is 3. The van der Waals surface area contributed by atoms with Crippen molar-refractivity contribution in [3.63, 3.8) is 0 Å². The molecule has 0 aromatic carbocycles. The fourth-order valence-electron chi connectivity index (χ4n) is 0.979. The molecule has 0 aliphatic heterocycles. The molecule has 0 fully saturated rings. The van der Waals surface area contributed by atoms with E-state index in [2.05, 4.69) is 0 Å². The molecule has 0 heterocycles. The van der Waals surface area contributed by atoms with E-state index >= 15 is 0 Å². The van der Waals surface area contributed by atoms with Gasteiger partial charge in [-0.25, -0.2) is 0 Å². The number of carbonyl (C=O) groups excluding carboxylic acids is 1. The van der Waals surface area contributed by atoms with Crippen molar-refractivity contribution in [3.8, 4) is 0 Å². The molecule has 0 saturated heterocycles. The summed E-state index contributed by atoms with van der Waals surface area (Å²) in [7, 11) is 0. The largest absolute Gasteiger partial charge is 0.508 e. The smallest absolute Gasteiger partial charge is 0.155 e. The highest BCUT2D eigenvalue weighted by Crippen LogP contribution is 2.20. The molecule has 0 unspecified atom stereocenters. The molecule has 60 valence electrons. The lowest BCUT2D eigenvalue weighted by Crippen LogP contribution is -2.04. The second-order valence-electron chi connectivity index (χ2n) is 2.56. The van der Waals surface area contributed by atoms with Crippen molar-refractivity contribution < 1.29 is 15.0 Å². The van der Waals surface area contributed by atoms with Gasteiger partial charge in [-0.1, -0.05) is 0 Å². The Morgan fingerprint density at radius 2 is 2.09 bits per heavy atom. The molecule has 0 amide bonds. The molecule has 1 aliphatic rings. The summed E-state index contributed by atoms with van der Waals surface area (Å²) in [4.78, 5) is 10.8. The summed E-state index contributed by atoms with van der Waals surface area (Å²) >= 11 is 0. The van der Waals surface area contributed by atoms with Crippen LogP contribution in [-0.2, 0) is 4.79 Å². The molecule has 3 heteroatoms. The number of aliphatic hydroxyl groups excluding tert-OH is 2. The zero-order valence-electron chi connectivity index (χ0n) is 6.29. The van der Waals surface area contributed by atoms with Gasteiger partial charge < -0.3 is 10.2 Å². The Morgan fingerprint density at radius 3 is 2.55 bits per heavy atom. The van der Waals surface area contributed by atoms with Gasteiger partial charge in [0, 0.05) is 6.42 Å². The first-order valence-corrected chi connectivity index (χ1v) is 3.44. The first kappa shape index (κ1) is 7.85. The van der Waals surface area contributed by atoms with E-state index in [0.29, 0.717) is 18.4 Å². The third kappa shape index (κ3) is 1.61. The van der Waals surface area contributed by atoms with Crippen molar-refractivity contribution in [1.82, 2.24) is 0 Å². The van der Waals surface area contributed by atoms with Crippen LogP contribution in [-0.4, -0.2) is 16.0 Å². The fourth-order valence-corrected chi connectivity index (χ4v) is 0.979. The van der Waals surface area contributed by atoms with Gasteiger partial charge in [0.1, 0.15) is 5.76 Å². The number of aliphatic hydroxyl groups is 2. The van der Waals surface area contributed by atoms with Gasteiger partial charge in [-0.3, -0.25) is 4.79 Å². The minimum atomic E-state index is -0.179. The lowest BCUT2D eigenvalue weighted by atomic mass is 10.00. The minimum Gasteiger partial charge on any atom is -0.508 e. The quantitative estimate of drug-likeness (QED) is 0.603. The molecule has 0 atom stereocenters. The molecule has 0 bridgehead atoms. The summed E-state index contributed by atoms with van der Waals surface area (Å²) in [6.07, 6.45) is 2.20. The molecule has 2 N–H and O–H groups in total. The molecule has 0 saturated carbocycles. The molecule has 1 aliphatic carbocycles. The van der Waals surface area contributed by atoms with Crippen LogP contribution in [0.2, 0.25) is 0 Å². The molecular formula is C8H10O3. The van der Waals surface area contributed by atoms with Crippen molar-refractivity contribution in [2.24, 2.45) is 0 Å². The maximum Gasteiger partial charge on any atom is 0.155 e. The van der Waals surface area contributed by atoms with Gasteiger partial charge in [-0.15, -0.1) is 0 Å². The molecule has 0 aromatic heterocycles. The molecular weight excluding hydrogens is 144 g/mol. The van der Waals surface area contributed by atoms with Crippen LogP contribution in [0, 0.1) is 0 Å². The summed E-state index contributed by atoms with van der Waals surface area (Å²) < 4.78 is 0. The average Bonchev–Trinajstić information content (AvgIpc) is 1.94. The third-order valence-electron chi connectivity index (χ3n) is 1.69. The van der Waals surface area contributed by atoms with Crippen LogP contribution in [0.1, 0.15) is 19.8 Å². The lowest BCUT2D eigenvalue weighted by molar-refractivity contribution is -0.113. The Labute approximate surface area is 64.7 Å². The van der Waals surface area contributed by atoms with Gasteiger partial charge in [0.25, 0.3) is 0 Å². The van der Waals surface area contributed by atoms with Crippen LogP contribution in [0.4, 0.5) is 0 Å². The van der Waals surface area contributed by atoms with Crippen LogP contribution in [0.25, 0.3) is 0 Å². The second kappa shape index (κ2) is 2.78. The highest BCUT2D eigenvalue weighted by atomic mass is 16.3. The van der Waals surface area contributed by atoms with E-state index in [1.54, 1.807) is 0 Å². The number of hydrogen-bond donors (Lipinski definition) is 2. The Morgan fingerprint density at radius 1 is 1.45 bits per heavy atom. The zero-order chi connectivity index (χ0) is 8.43. The van der Waals surface area contributed by atoms with Crippen molar-refractivity contribution in [2.75, 3.05) is 0 Å². The Kier molecular flexibility index (Phi) is 1.98. The van der Waals surface area contributed by atoms with Crippen molar-refractivity contribution >= 4 is 5.78 Å². The summed E-state index contributed by atoms with van der Waals surface area (Å²) in [5, 5.41) is 17.9. The van der Waals surface area contributed by atoms with E-state index in [1.807, 2.05) is 0 Å². The van der Waals surface area contributed by atoms with Crippen LogP contribution in [0.3, 0.4) is 0 Å². The van der Waals surface area contributed by atoms with E-state index in [1.165, 1.54) is 13.0 Å². The lowest BCUT2D eigenvalue weighted by Gasteiger charge is -2.10. The number of Topliss-reactive ketones (excluding diaryl/α,β-unsaturated/α-hetero) is 1. The normalized spacial score (nSPS) is 18.1. The molecule has 0 radical (unpaired) electrons. The van der Waals surface area contributed by atoms with E-state index in [0.717, 1.165) is 0 Å². The van der Waals surface area contributed by atoms with Crippen LogP contribution < -0.4 is 0 Å². The molecule has 11 heavy (non-hydrogen) atoms. The minimum absolute atomic E-state index is 0.0324. The second-order valence-corrected chi connectivity index (χ2v) is 2.56. The molecule has 1 rings (SSSR count). The van der Waals surface area contributed by atoms with E-state index in [9.17, 15) is 4.79 Å². The SMILES string of the molecule is CC(=O)C1=CC(O)=C(O)CC1. The van der Waals surface area contributed by atoms with Crippen molar-refractivity contribution in [1.29, 1.82) is 0 Å². The standard InChI is InChI=1S/C8H10O3/c1-5(9)6-2-3-7(10)8(11)4-6/h4,10-11H,2-3H2,1H3. The summed E-state index contributed by atoms with van der Waals surface area (Å²) in [6, 6.07) is 0. The summed E-state index contributed by atoms with van der Waals surface area (Å²) in [6.45, 7) is 1.45. The van der Waals surface area contributed by atoms with E-state index in [4.69, 9.17) is 10.2 Å². The monoisotopic (exact) mass is 154 g/mol.